The van der Waals surface area contributed by atoms with Crippen LogP contribution < -0.4 is 0 Å². The molecule has 0 N–H and O–H groups in total. The van der Waals surface area contributed by atoms with E-state index in [2.05, 4.69) is 0 Å². The Bertz CT molecular complexity index is 130. The third kappa shape index (κ3) is 5.05. The van der Waals surface area contributed by atoms with Crippen molar-refractivity contribution in [2.75, 3.05) is 6.61 Å². The smallest absolute Gasteiger partial charge is 0.230 e. The van der Waals surface area contributed by atoms with Crippen LogP contribution in [0.25, 0.3) is 0 Å². The van der Waals surface area contributed by atoms with Crippen LogP contribution in [0.15, 0.2) is 0 Å². The summed E-state index contributed by atoms with van der Waals surface area (Å²) in [6.45, 7) is 3.74. The summed E-state index contributed by atoms with van der Waals surface area (Å²) in [5.41, 5.74) is 0. The number of Topliss-reactive ketones (excluding diaryl/α,β-unsaturated/α-hetero) is 1. The van der Waals surface area contributed by atoms with Crippen molar-refractivity contribution in [3.8, 4) is 12.3 Å². The summed E-state index contributed by atoms with van der Waals surface area (Å²) in [4.78, 5) is 10.4. The summed E-state index contributed by atoms with van der Waals surface area (Å²) in [6.07, 6.45) is 4.85. The lowest BCUT2D eigenvalue weighted by molar-refractivity contribution is -0.119. The summed E-state index contributed by atoms with van der Waals surface area (Å²) in [5.74, 6) is 1.65. The summed E-state index contributed by atoms with van der Waals surface area (Å²) in [5, 5.41) is 0. The van der Waals surface area contributed by atoms with Gasteiger partial charge in [-0.05, 0) is 19.8 Å². The normalized spacial score (nSPS) is 9.11. The van der Waals surface area contributed by atoms with Crippen LogP contribution in [0.4, 0.5) is 0 Å². The molecule has 0 aromatic heterocycles. The average molecular weight is 126 g/mol. The number of hydrogen-bond acceptors (Lipinski definition) is 2. The van der Waals surface area contributed by atoms with Crippen LogP contribution in [0, 0.1) is 12.3 Å². The lowest BCUT2D eigenvalue weighted by atomic mass is 10.4. The number of ether oxygens (including phenoxy) is 1. The number of rotatable bonds is 3. The van der Waals surface area contributed by atoms with Crippen LogP contribution >= 0.6 is 0 Å². The Kier molecular flexibility index (Phi) is 3.74. The van der Waals surface area contributed by atoms with E-state index in [0.717, 1.165) is 0 Å². The molecular weight excluding hydrogens is 116 g/mol. The molecule has 0 bridgehead atoms. The van der Waals surface area contributed by atoms with Crippen LogP contribution in [-0.2, 0) is 9.53 Å². The van der Waals surface area contributed by atoms with E-state index < -0.39 is 0 Å². The fraction of sp³-hybridized carbons (Fsp3) is 0.571. The van der Waals surface area contributed by atoms with Crippen LogP contribution in [0.2, 0.25) is 0 Å². The minimum Gasteiger partial charge on any atom is -0.370 e. The van der Waals surface area contributed by atoms with Gasteiger partial charge in [0.1, 0.15) is 6.61 Å². The molecule has 0 unspecified atom stereocenters. The highest BCUT2D eigenvalue weighted by molar-refractivity contribution is 5.95. The first-order valence-electron chi connectivity index (χ1n) is 2.78. The molecule has 50 valence electrons. The highest BCUT2D eigenvalue weighted by Crippen LogP contribution is 1.85. The summed E-state index contributed by atoms with van der Waals surface area (Å²) >= 11 is 0. The van der Waals surface area contributed by atoms with Gasteiger partial charge in [-0.1, -0.05) is 0 Å². The van der Waals surface area contributed by atoms with Crippen LogP contribution in [0.1, 0.15) is 13.8 Å². The third-order valence-electron chi connectivity index (χ3n) is 0.709. The molecule has 0 heterocycles. The number of carbonyl (C=O) groups excluding carboxylic acids is 1. The van der Waals surface area contributed by atoms with Crippen molar-refractivity contribution in [3.63, 3.8) is 0 Å². The molecule has 0 aliphatic carbocycles. The number of ketones is 1. The number of terminal acetylenes is 1. The molecule has 0 spiro atoms. The Hall–Kier alpha value is -0.810. The predicted octanol–water partition coefficient (Wildman–Crippen LogP) is 0.614. The largest absolute Gasteiger partial charge is 0.370 e. The van der Waals surface area contributed by atoms with Crippen molar-refractivity contribution in [1.29, 1.82) is 0 Å². The molecule has 0 aliphatic heterocycles. The molecular formula is C7H10O2. The maximum atomic E-state index is 10.4. The first kappa shape index (κ1) is 8.19. The van der Waals surface area contributed by atoms with E-state index >= 15 is 0 Å². The topological polar surface area (TPSA) is 26.3 Å². The summed E-state index contributed by atoms with van der Waals surface area (Å²) in [6, 6.07) is 0. The fourth-order valence-electron chi connectivity index (χ4n) is 0.284. The second kappa shape index (κ2) is 4.11. The molecule has 0 atom stereocenters. The molecule has 0 saturated heterocycles. The van der Waals surface area contributed by atoms with Gasteiger partial charge in [0.25, 0.3) is 0 Å². The Morgan fingerprint density at radius 2 is 2.33 bits per heavy atom. The second-order valence-electron chi connectivity index (χ2n) is 1.93. The number of carbonyl (C=O) groups is 1. The maximum Gasteiger partial charge on any atom is 0.230 e. The second-order valence-corrected chi connectivity index (χ2v) is 1.93. The molecule has 0 aromatic carbocycles. The molecule has 0 saturated carbocycles. The van der Waals surface area contributed by atoms with Gasteiger partial charge in [0.2, 0.25) is 5.78 Å². The molecule has 0 radical (unpaired) electrons. The Morgan fingerprint density at radius 1 is 1.78 bits per heavy atom. The van der Waals surface area contributed by atoms with Crippen molar-refractivity contribution in [2.45, 2.75) is 20.0 Å². The Balaban J connectivity index is 3.31. The van der Waals surface area contributed by atoms with Crippen molar-refractivity contribution in [2.24, 2.45) is 0 Å². The van der Waals surface area contributed by atoms with Crippen LogP contribution in [-0.4, -0.2) is 18.5 Å². The standard InChI is InChI=1S/C7H10O2/c1-4-7(8)5-9-6(2)3/h1,6H,5H2,2-3H3. The van der Waals surface area contributed by atoms with Gasteiger partial charge in [-0.3, -0.25) is 4.79 Å². The predicted molar refractivity (Wildman–Crippen MR) is 34.9 cm³/mol. The van der Waals surface area contributed by atoms with Crippen molar-refractivity contribution < 1.29 is 9.53 Å². The highest BCUT2D eigenvalue weighted by Gasteiger charge is 1.97. The highest BCUT2D eigenvalue weighted by atomic mass is 16.5. The molecule has 0 rings (SSSR count). The lowest BCUT2D eigenvalue weighted by Crippen LogP contribution is -2.10. The zero-order valence-electron chi connectivity index (χ0n) is 5.68. The van der Waals surface area contributed by atoms with Gasteiger partial charge in [0, 0.05) is 0 Å². The molecule has 0 amide bonds. The minimum absolute atomic E-state index is 0.0359. The molecule has 2 nitrogen and oxygen atoms in total. The molecule has 0 fully saturated rings. The van der Waals surface area contributed by atoms with Crippen LogP contribution in [0.3, 0.4) is 0 Å². The van der Waals surface area contributed by atoms with E-state index in [1.807, 2.05) is 19.8 Å². The first-order chi connectivity index (χ1) is 4.16. The van der Waals surface area contributed by atoms with Gasteiger partial charge >= 0.3 is 0 Å². The van der Waals surface area contributed by atoms with E-state index in [1.165, 1.54) is 0 Å². The van der Waals surface area contributed by atoms with Gasteiger partial charge < -0.3 is 4.74 Å². The number of hydrogen-bond donors (Lipinski definition) is 0. The Labute approximate surface area is 55.2 Å². The summed E-state index contributed by atoms with van der Waals surface area (Å²) < 4.78 is 4.90. The van der Waals surface area contributed by atoms with E-state index in [4.69, 9.17) is 11.2 Å². The molecule has 2 heteroatoms. The van der Waals surface area contributed by atoms with E-state index in [1.54, 1.807) is 0 Å². The van der Waals surface area contributed by atoms with Crippen molar-refractivity contribution >= 4 is 5.78 Å². The summed E-state index contributed by atoms with van der Waals surface area (Å²) in [7, 11) is 0. The third-order valence-corrected chi connectivity index (χ3v) is 0.709. The zero-order chi connectivity index (χ0) is 7.28. The molecule has 0 aliphatic rings. The first-order valence-corrected chi connectivity index (χ1v) is 2.78. The monoisotopic (exact) mass is 126 g/mol. The van der Waals surface area contributed by atoms with E-state index in [-0.39, 0.29) is 18.5 Å². The SMILES string of the molecule is C#CC(=O)COC(C)C. The van der Waals surface area contributed by atoms with Gasteiger partial charge in [-0.15, -0.1) is 6.42 Å². The quantitative estimate of drug-likeness (QED) is 0.409. The Morgan fingerprint density at radius 3 is 2.67 bits per heavy atom. The van der Waals surface area contributed by atoms with Crippen LogP contribution in [0.5, 0.6) is 0 Å². The van der Waals surface area contributed by atoms with Crippen molar-refractivity contribution in [3.05, 3.63) is 0 Å². The molecule has 9 heavy (non-hydrogen) atoms. The van der Waals surface area contributed by atoms with Gasteiger partial charge in [0.15, 0.2) is 0 Å². The average Bonchev–Trinajstić information content (AvgIpc) is 1.83. The van der Waals surface area contributed by atoms with E-state index in [9.17, 15) is 4.79 Å². The fourth-order valence-corrected chi connectivity index (χ4v) is 0.284. The zero-order valence-corrected chi connectivity index (χ0v) is 5.68. The van der Waals surface area contributed by atoms with Gasteiger partial charge in [-0.2, -0.15) is 0 Å². The van der Waals surface area contributed by atoms with Crippen molar-refractivity contribution in [1.82, 2.24) is 0 Å². The lowest BCUT2D eigenvalue weighted by Gasteiger charge is -2.02. The maximum absolute atomic E-state index is 10.4. The van der Waals surface area contributed by atoms with Gasteiger partial charge in [0.05, 0.1) is 6.10 Å². The van der Waals surface area contributed by atoms with E-state index in [0.29, 0.717) is 0 Å². The van der Waals surface area contributed by atoms with Gasteiger partial charge in [-0.25, -0.2) is 0 Å². The molecule has 0 aromatic rings. The minimum atomic E-state index is -0.302.